The second-order valence-corrected chi connectivity index (χ2v) is 5.88. The van der Waals surface area contributed by atoms with Crippen molar-refractivity contribution in [3.8, 4) is 11.1 Å². The molecule has 3 rings (SSSR count). The third-order valence-electron chi connectivity index (χ3n) is 3.60. The predicted molar refractivity (Wildman–Crippen MR) is 98.2 cm³/mol. The Morgan fingerprint density at radius 3 is 2.60 bits per heavy atom. The van der Waals surface area contributed by atoms with Gasteiger partial charge in [0.25, 0.3) is 0 Å². The molecule has 0 aliphatic rings. The molecule has 0 amide bonds. The zero-order valence-electron chi connectivity index (χ0n) is 13.3. The van der Waals surface area contributed by atoms with E-state index in [0.717, 1.165) is 16.8 Å². The summed E-state index contributed by atoms with van der Waals surface area (Å²) < 4.78 is 1.49. The van der Waals surface area contributed by atoms with Gasteiger partial charge < -0.3 is 10.8 Å². The van der Waals surface area contributed by atoms with Gasteiger partial charge in [-0.2, -0.15) is 5.10 Å². The van der Waals surface area contributed by atoms with Gasteiger partial charge in [0.2, 0.25) is 5.95 Å². The van der Waals surface area contributed by atoms with Gasteiger partial charge in [0.05, 0.1) is 23.7 Å². The van der Waals surface area contributed by atoms with E-state index in [2.05, 4.69) is 10.1 Å². The second-order valence-electron chi connectivity index (χ2n) is 5.45. The number of hydrogen-bond donors (Lipinski definition) is 2. The highest BCUT2D eigenvalue weighted by molar-refractivity contribution is 6.31. The number of rotatable bonds is 4. The van der Waals surface area contributed by atoms with E-state index < -0.39 is 5.97 Å². The minimum Gasteiger partial charge on any atom is -0.478 e. The molecule has 126 valence electrons. The molecule has 0 aliphatic carbocycles. The molecule has 3 N–H and O–H groups in total. The Bertz CT molecular complexity index is 962. The van der Waals surface area contributed by atoms with E-state index in [4.69, 9.17) is 17.3 Å². The maximum Gasteiger partial charge on any atom is 0.336 e. The minimum absolute atomic E-state index is 0.201. The van der Waals surface area contributed by atoms with Crippen LogP contribution in [0.4, 0.5) is 5.95 Å². The summed E-state index contributed by atoms with van der Waals surface area (Å²) in [6.45, 7) is 1.84. The van der Waals surface area contributed by atoms with Crippen molar-refractivity contribution in [3.05, 3.63) is 70.5 Å². The van der Waals surface area contributed by atoms with Crippen molar-refractivity contribution >= 4 is 29.7 Å². The Labute approximate surface area is 149 Å². The summed E-state index contributed by atoms with van der Waals surface area (Å²) in [6, 6.07) is 12.0. The van der Waals surface area contributed by atoms with Crippen molar-refractivity contribution in [2.45, 2.75) is 6.92 Å². The number of carboxylic acids is 1. The molecule has 0 saturated heterocycles. The first-order valence-corrected chi connectivity index (χ1v) is 7.81. The van der Waals surface area contributed by atoms with Crippen LogP contribution >= 0.6 is 11.6 Å². The average Bonchev–Trinajstić information content (AvgIpc) is 2.90. The van der Waals surface area contributed by atoms with Crippen molar-refractivity contribution in [1.29, 1.82) is 0 Å². The van der Waals surface area contributed by atoms with Crippen LogP contribution in [0.5, 0.6) is 0 Å². The standard InChI is InChI=1S/C18H15ClN4O2/c1-11-10-23(18(20)22-11)21-9-12-2-4-13(5-3-12)16-8-14(19)6-7-15(16)17(24)25/h2-10H,1H3,(H2,20,22)(H,24,25). The first-order valence-electron chi connectivity index (χ1n) is 7.43. The quantitative estimate of drug-likeness (QED) is 0.699. The lowest BCUT2D eigenvalue weighted by atomic mass is 9.99. The number of imidazole rings is 1. The molecule has 1 aromatic heterocycles. The van der Waals surface area contributed by atoms with Gasteiger partial charge in [-0.25, -0.2) is 14.5 Å². The van der Waals surface area contributed by atoms with Gasteiger partial charge in [-0.05, 0) is 41.8 Å². The number of hydrogen-bond acceptors (Lipinski definition) is 4. The maximum atomic E-state index is 11.4. The van der Waals surface area contributed by atoms with Crippen LogP contribution in [0.2, 0.25) is 5.02 Å². The van der Waals surface area contributed by atoms with Crippen LogP contribution in [0.25, 0.3) is 11.1 Å². The monoisotopic (exact) mass is 354 g/mol. The number of aromatic carboxylic acids is 1. The van der Waals surface area contributed by atoms with Crippen molar-refractivity contribution in [3.63, 3.8) is 0 Å². The number of aryl methyl sites for hydroxylation is 1. The van der Waals surface area contributed by atoms with Gasteiger partial charge in [0.1, 0.15) is 0 Å². The molecular formula is C18H15ClN4O2. The fraction of sp³-hybridized carbons (Fsp3) is 0.0556. The fourth-order valence-electron chi connectivity index (χ4n) is 2.42. The Balaban J connectivity index is 1.89. The first kappa shape index (κ1) is 16.7. The lowest BCUT2D eigenvalue weighted by Crippen LogP contribution is -1.99. The number of nitrogens with two attached hydrogens (primary N) is 1. The van der Waals surface area contributed by atoms with E-state index in [1.165, 1.54) is 10.7 Å². The lowest BCUT2D eigenvalue weighted by Gasteiger charge is -2.07. The molecule has 0 spiro atoms. The number of aromatic nitrogens is 2. The fourth-order valence-corrected chi connectivity index (χ4v) is 2.59. The van der Waals surface area contributed by atoms with Crippen LogP contribution in [0.1, 0.15) is 21.6 Å². The molecule has 25 heavy (non-hydrogen) atoms. The molecule has 0 unspecified atom stereocenters. The number of benzene rings is 2. The van der Waals surface area contributed by atoms with E-state index in [-0.39, 0.29) is 5.56 Å². The molecule has 7 heteroatoms. The number of nitrogen functional groups attached to an aromatic ring is 1. The molecule has 3 aromatic rings. The number of carbonyl (C=O) groups is 1. The normalized spacial score (nSPS) is 11.1. The zero-order chi connectivity index (χ0) is 18.0. The molecule has 0 aliphatic heterocycles. The SMILES string of the molecule is Cc1cn(N=Cc2ccc(-c3cc(Cl)ccc3C(=O)O)cc2)c(N)n1. The third-order valence-corrected chi connectivity index (χ3v) is 3.83. The summed E-state index contributed by atoms with van der Waals surface area (Å²) in [6.07, 6.45) is 3.38. The Hall–Kier alpha value is -3.12. The molecule has 6 nitrogen and oxygen atoms in total. The third kappa shape index (κ3) is 3.70. The summed E-state index contributed by atoms with van der Waals surface area (Å²) in [5.74, 6) is -0.682. The average molecular weight is 355 g/mol. The molecule has 1 heterocycles. The van der Waals surface area contributed by atoms with Crippen LogP contribution in [0, 0.1) is 6.92 Å². The maximum absolute atomic E-state index is 11.4. The molecular weight excluding hydrogens is 340 g/mol. The van der Waals surface area contributed by atoms with Gasteiger partial charge in [-0.1, -0.05) is 35.9 Å². The molecule has 0 saturated carbocycles. The van der Waals surface area contributed by atoms with E-state index in [0.29, 0.717) is 16.5 Å². The van der Waals surface area contributed by atoms with Crippen molar-refractivity contribution < 1.29 is 9.90 Å². The topological polar surface area (TPSA) is 93.5 Å². The van der Waals surface area contributed by atoms with Crippen LogP contribution < -0.4 is 5.73 Å². The minimum atomic E-state index is -0.997. The summed E-state index contributed by atoms with van der Waals surface area (Å²) in [4.78, 5) is 15.5. The zero-order valence-corrected chi connectivity index (χ0v) is 14.1. The van der Waals surface area contributed by atoms with Crippen LogP contribution in [-0.4, -0.2) is 27.0 Å². The molecule has 0 atom stereocenters. The highest BCUT2D eigenvalue weighted by Crippen LogP contribution is 2.27. The van der Waals surface area contributed by atoms with Gasteiger partial charge in [0.15, 0.2) is 0 Å². The van der Waals surface area contributed by atoms with E-state index in [9.17, 15) is 9.90 Å². The van der Waals surface area contributed by atoms with Gasteiger partial charge in [-0.15, -0.1) is 0 Å². The molecule has 0 bridgehead atoms. The van der Waals surface area contributed by atoms with Crippen LogP contribution in [0.15, 0.2) is 53.8 Å². The Kier molecular flexibility index (Phi) is 4.54. The smallest absolute Gasteiger partial charge is 0.336 e. The van der Waals surface area contributed by atoms with Crippen molar-refractivity contribution in [2.24, 2.45) is 5.10 Å². The van der Waals surface area contributed by atoms with Gasteiger partial charge in [0, 0.05) is 5.02 Å². The molecule has 2 aromatic carbocycles. The van der Waals surface area contributed by atoms with E-state index in [1.54, 1.807) is 24.5 Å². The van der Waals surface area contributed by atoms with E-state index in [1.807, 2.05) is 31.2 Å². The first-order chi connectivity index (χ1) is 11.9. The highest BCUT2D eigenvalue weighted by Gasteiger charge is 2.12. The summed E-state index contributed by atoms with van der Waals surface area (Å²) in [7, 11) is 0. The van der Waals surface area contributed by atoms with Gasteiger partial charge >= 0.3 is 5.97 Å². The van der Waals surface area contributed by atoms with Crippen LogP contribution in [-0.2, 0) is 0 Å². The number of nitrogens with zero attached hydrogens (tertiary/aromatic N) is 3. The number of halogens is 1. The highest BCUT2D eigenvalue weighted by atomic mass is 35.5. The summed E-state index contributed by atoms with van der Waals surface area (Å²) >= 11 is 6.00. The summed E-state index contributed by atoms with van der Waals surface area (Å²) in [5, 5.41) is 14.1. The molecule has 0 fully saturated rings. The van der Waals surface area contributed by atoms with E-state index >= 15 is 0 Å². The number of carboxylic acid groups (broad SMARTS) is 1. The van der Waals surface area contributed by atoms with Crippen LogP contribution in [0.3, 0.4) is 0 Å². The van der Waals surface area contributed by atoms with Crippen molar-refractivity contribution in [2.75, 3.05) is 5.73 Å². The largest absolute Gasteiger partial charge is 0.478 e. The second kappa shape index (κ2) is 6.78. The predicted octanol–water partition coefficient (Wildman–Crippen LogP) is 3.67. The van der Waals surface area contributed by atoms with Gasteiger partial charge in [-0.3, -0.25) is 0 Å². The molecule has 0 radical (unpaired) electrons. The number of anilines is 1. The summed E-state index contributed by atoms with van der Waals surface area (Å²) in [5.41, 5.74) is 8.89. The van der Waals surface area contributed by atoms with Crippen molar-refractivity contribution in [1.82, 2.24) is 9.66 Å². The Morgan fingerprint density at radius 2 is 2.00 bits per heavy atom. The Morgan fingerprint density at radius 1 is 1.28 bits per heavy atom. The lowest BCUT2D eigenvalue weighted by molar-refractivity contribution is 0.0697.